The molecule has 1 heterocycles. The summed E-state index contributed by atoms with van der Waals surface area (Å²) >= 11 is 3.27. The standard InChI is InChI=1S/C11H16N2OS2/c1-8-6-16-11(12-8)13-10(14)7-15-9-4-2-3-5-9/h6,9H,2-5,7H2,1H3,(H,12,13,14). The van der Waals surface area contributed by atoms with Gasteiger partial charge in [-0.2, -0.15) is 0 Å². The van der Waals surface area contributed by atoms with Gasteiger partial charge in [0.05, 0.1) is 11.4 Å². The number of carbonyl (C=O) groups excluding carboxylic acids is 1. The van der Waals surface area contributed by atoms with E-state index >= 15 is 0 Å². The lowest BCUT2D eigenvalue weighted by Gasteiger charge is -2.07. The molecule has 1 N–H and O–H groups in total. The molecule has 1 aliphatic carbocycles. The Hall–Kier alpha value is -0.550. The minimum absolute atomic E-state index is 0.0752. The van der Waals surface area contributed by atoms with Crippen LogP contribution in [0.15, 0.2) is 5.38 Å². The number of carbonyl (C=O) groups is 1. The highest BCUT2D eigenvalue weighted by Gasteiger charge is 2.16. The zero-order valence-corrected chi connectivity index (χ0v) is 11.0. The van der Waals surface area contributed by atoms with Crippen LogP contribution in [-0.2, 0) is 4.79 Å². The summed E-state index contributed by atoms with van der Waals surface area (Å²) in [6.45, 7) is 1.93. The molecule has 0 atom stereocenters. The fraction of sp³-hybridized carbons (Fsp3) is 0.636. The van der Waals surface area contributed by atoms with Gasteiger partial charge in [-0.1, -0.05) is 12.8 Å². The molecule has 2 rings (SSSR count). The number of rotatable bonds is 4. The summed E-state index contributed by atoms with van der Waals surface area (Å²) in [5, 5.41) is 6.19. The van der Waals surface area contributed by atoms with Gasteiger partial charge < -0.3 is 5.32 Å². The van der Waals surface area contributed by atoms with Gasteiger partial charge in [-0.15, -0.1) is 23.1 Å². The molecule has 1 saturated carbocycles. The van der Waals surface area contributed by atoms with Gasteiger partial charge in [0.15, 0.2) is 5.13 Å². The van der Waals surface area contributed by atoms with E-state index in [-0.39, 0.29) is 5.91 Å². The van der Waals surface area contributed by atoms with E-state index in [1.807, 2.05) is 12.3 Å². The fourth-order valence-electron chi connectivity index (χ4n) is 1.82. The Morgan fingerprint density at radius 3 is 3.00 bits per heavy atom. The number of aryl methyl sites for hydroxylation is 1. The van der Waals surface area contributed by atoms with Crippen LogP contribution in [0.1, 0.15) is 31.4 Å². The van der Waals surface area contributed by atoms with E-state index in [4.69, 9.17) is 0 Å². The SMILES string of the molecule is Cc1csc(NC(=O)CSC2CCCC2)n1. The van der Waals surface area contributed by atoms with E-state index in [1.165, 1.54) is 37.0 Å². The number of amides is 1. The predicted octanol–water partition coefficient (Wildman–Crippen LogP) is 3.07. The van der Waals surface area contributed by atoms with Crippen LogP contribution in [0.5, 0.6) is 0 Å². The Bertz CT molecular complexity index is 359. The Morgan fingerprint density at radius 2 is 2.38 bits per heavy atom. The summed E-state index contributed by atoms with van der Waals surface area (Å²) in [6, 6.07) is 0. The first-order chi connectivity index (χ1) is 7.74. The van der Waals surface area contributed by atoms with E-state index < -0.39 is 0 Å². The maximum atomic E-state index is 11.6. The van der Waals surface area contributed by atoms with Gasteiger partial charge in [0, 0.05) is 10.6 Å². The molecule has 1 aromatic heterocycles. The van der Waals surface area contributed by atoms with E-state index in [2.05, 4.69) is 10.3 Å². The first-order valence-corrected chi connectivity index (χ1v) is 7.50. The van der Waals surface area contributed by atoms with Crippen molar-refractivity contribution in [2.45, 2.75) is 37.9 Å². The first kappa shape index (κ1) is 11.9. The van der Waals surface area contributed by atoms with Crippen molar-refractivity contribution in [2.24, 2.45) is 0 Å². The summed E-state index contributed by atoms with van der Waals surface area (Å²) in [5.74, 6) is 0.634. The van der Waals surface area contributed by atoms with Gasteiger partial charge in [0.25, 0.3) is 0 Å². The van der Waals surface area contributed by atoms with E-state index in [0.29, 0.717) is 11.0 Å². The molecule has 0 spiro atoms. The average Bonchev–Trinajstić information content (AvgIpc) is 2.87. The molecule has 5 heteroatoms. The topological polar surface area (TPSA) is 42.0 Å². The van der Waals surface area contributed by atoms with Gasteiger partial charge in [-0.05, 0) is 19.8 Å². The zero-order valence-electron chi connectivity index (χ0n) is 9.36. The van der Waals surface area contributed by atoms with Crippen LogP contribution >= 0.6 is 23.1 Å². The van der Waals surface area contributed by atoms with E-state index in [0.717, 1.165) is 10.8 Å². The highest BCUT2D eigenvalue weighted by Crippen LogP contribution is 2.29. The van der Waals surface area contributed by atoms with Crippen LogP contribution in [0, 0.1) is 6.92 Å². The minimum Gasteiger partial charge on any atom is -0.301 e. The molecule has 0 bridgehead atoms. The van der Waals surface area contributed by atoms with Gasteiger partial charge in [0.1, 0.15) is 0 Å². The lowest BCUT2D eigenvalue weighted by molar-refractivity contribution is -0.113. The number of anilines is 1. The summed E-state index contributed by atoms with van der Waals surface area (Å²) in [4.78, 5) is 15.8. The smallest absolute Gasteiger partial charge is 0.236 e. The van der Waals surface area contributed by atoms with Crippen molar-refractivity contribution < 1.29 is 4.79 Å². The Balaban J connectivity index is 1.71. The maximum Gasteiger partial charge on any atom is 0.236 e. The quantitative estimate of drug-likeness (QED) is 0.900. The van der Waals surface area contributed by atoms with Crippen LogP contribution < -0.4 is 5.32 Å². The first-order valence-electron chi connectivity index (χ1n) is 5.57. The highest BCUT2D eigenvalue weighted by atomic mass is 32.2. The number of hydrogen-bond acceptors (Lipinski definition) is 4. The van der Waals surface area contributed by atoms with Crippen molar-refractivity contribution in [1.82, 2.24) is 4.98 Å². The highest BCUT2D eigenvalue weighted by molar-refractivity contribution is 8.00. The molecule has 0 saturated heterocycles. The van der Waals surface area contributed by atoms with Crippen molar-refractivity contribution in [1.29, 1.82) is 0 Å². The molecular formula is C11H16N2OS2. The van der Waals surface area contributed by atoms with E-state index in [1.54, 1.807) is 11.8 Å². The van der Waals surface area contributed by atoms with Gasteiger partial charge >= 0.3 is 0 Å². The van der Waals surface area contributed by atoms with Crippen molar-refractivity contribution in [3.8, 4) is 0 Å². The number of nitrogens with zero attached hydrogens (tertiary/aromatic N) is 1. The molecule has 3 nitrogen and oxygen atoms in total. The monoisotopic (exact) mass is 256 g/mol. The van der Waals surface area contributed by atoms with Gasteiger partial charge in [-0.3, -0.25) is 4.79 Å². The second kappa shape index (κ2) is 5.68. The maximum absolute atomic E-state index is 11.6. The minimum atomic E-state index is 0.0752. The molecule has 1 amide bonds. The number of nitrogens with one attached hydrogen (secondary N) is 1. The molecule has 0 unspecified atom stereocenters. The molecule has 1 aromatic rings. The third-order valence-corrected chi connectivity index (χ3v) is 4.86. The molecule has 1 fully saturated rings. The summed E-state index contributed by atoms with van der Waals surface area (Å²) in [6.07, 6.45) is 5.19. The van der Waals surface area contributed by atoms with E-state index in [9.17, 15) is 4.79 Å². The van der Waals surface area contributed by atoms with Crippen LogP contribution in [0.3, 0.4) is 0 Å². The second-order valence-corrected chi connectivity index (χ2v) is 6.21. The second-order valence-electron chi connectivity index (χ2n) is 4.06. The summed E-state index contributed by atoms with van der Waals surface area (Å²) < 4.78 is 0. The van der Waals surface area contributed by atoms with Crippen molar-refractivity contribution in [3.05, 3.63) is 11.1 Å². The number of aromatic nitrogens is 1. The largest absolute Gasteiger partial charge is 0.301 e. The van der Waals surface area contributed by atoms with Crippen molar-refractivity contribution >= 4 is 34.1 Å². The lowest BCUT2D eigenvalue weighted by atomic mass is 10.4. The van der Waals surface area contributed by atoms with Crippen LogP contribution in [-0.4, -0.2) is 21.9 Å². The molecule has 0 aliphatic heterocycles. The molecule has 0 radical (unpaired) electrons. The zero-order chi connectivity index (χ0) is 11.4. The lowest BCUT2D eigenvalue weighted by Crippen LogP contribution is -2.15. The fourth-order valence-corrected chi connectivity index (χ4v) is 3.65. The number of hydrogen-bond donors (Lipinski definition) is 1. The molecule has 88 valence electrons. The normalized spacial score (nSPS) is 16.6. The third kappa shape index (κ3) is 3.49. The van der Waals surface area contributed by atoms with Crippen LogP contribution in [0.4, 0.5) is 5.13 Å². The van der Waals surface area contributed by atoms with Crippen molar-refractivity contribution in [2.75, 3.05) is 11.1 Å². The number of thiazole rings is 1. The Morgan fingerprint density at radius 1 is 1.62 bits per heavy atom. The molecule has 16 heavy (non-hydrogen) atoms. The summed E-state index contributed by atoms with van der Waals surface area (Å²) in [7, 11) is 0. The summed E-state index contributed by atoms with van der Waals surface area (Å²) in [5.41, 5.74) is 0.962. The Labute approximate surface area is 104 Å². The Kier molecular flexibility index (Phi) is 4.23. The molecular weight excluding hydrogens is 240 g/mol. The van der Waals surface area contributed by atoms with Gasteiger partial charge in [-0.25, -0.2) is 4.98 Å². The average molecular weight is 256 g/mol. The van der Waals surface area contributed by atoms with Gasteiger partial charge in [0.2, 0.25) is 5.91 Å². The van der Waals surface area contributed by atoms with Crippen molar-refractivity contribution in [3.63, 3.8) is 0 Å². The number of thioether (sulfide) groups is 1. The molecule has 0 aromatic carbocycles. The predicted molar refractivity (Wildman–Crippen MR) is 70.2 cm³/mol. The van der Waals surface area contributed by atoms with Crippen LogP contribution in [0.2, 0.25) is 0 Å². The van der Waals surface area contributed by atoms with Crippen LogP contribution in [0.25, 0.3) is 0 Å². The third-order valence-electron chi connectivity index (χ3n) is 2.62. The molecule has 1 aliphatic rings.